The number of rotatable bonds is 0. The first-order chi connectivity index (χ1) is 10.7. The summed E-state index contributed by atoms with van der Waals surface area (Å²) in [7, 11) is 0. The van der Waals surface area contributed by atoms with Gasteiger partial charge >= 0.3 is 0 Å². The van der Waals surface area contributed by atoms with Gasteiger partial charge in [0, 0.05) is 34.7 Å². The second kappa shape index (κ2) is 4.62. The van der Waals surface area contributed by atoms with Gasteiger partial charge in [-0.1, -0.05) is 31.9 Å². The first-order valence-electron chi connectivity index (χ1n) is 7.42. The zero-order chi connectivity index (χ0) is 14.8. The zero-order valence-electron chi connectivity index (χ0n) is 11.7. The van der Waals surface area contributed by atoms with Crippen molar-refractivity contribution in [1.29, 1.82) is 0 Å². The lowest BCUT2D eigenvalue weighted by Gasteiger charge is -2.08. The van der Waals surface area contributed by atoms with Crippen LogP contribution in [-0.2, 0) is 12.8 Å². The van der Waals surface area contributed by atoms with Crippen molar-refractivity contribution < 1.29 is 8.83 Å². The van der Waals surface area contributed by atoms with Gasteiger partial charge in [-0.25, -0.2) is 0 Å². The van der Waals surface area contributed by atoms with E-state index in [4.69, 9.17) is 8.83 Å². The Morgan fingerprint density at radius 3 is 1.59 bits per heavy atom. The highest BCUT2D eigenvalue weighted by Gasteiger charge is 2.24. The second-order valence-corrected chi connectivity index (χ2v) is 7.91. The van der Waals surface area contributed by atoms with Crippen molar-refractivity contribution in [1.82, 2.24) is 0 Å². The lowest BCUT2D eigenvalue weighted by molar-refractivity contribution is 0.542. The fourth-order valence-corrected chi connectivity index (χ4v) is 4.38. The Balaban J connectivity index is 1.97. The van der Waals surface area contributed by atoms with Gasteiger partial charge in [-0.05, 0) is 46.1 Å². The SMILES string of the molecule is BrC1=Cc2c(oc3ccc4oc5c(c4c23)C=C(Br)CC5)CC1. The summed E-state index contributed by atoms with van der Waals surface area (Å²) in [5.41, 5.74) is 4.32. The molecule has 0 spiro atoms. The summed E-state index contributed by atoms with van der Waals surface area (Å²) >= 11 is 7.29. The summed E-state index contributed by atoms with van der Waals surface area (Å²) in [4.78, 5) is 0. The predicted octanol–water partition coefficient (Wildman–Crippen LogP) is 6.54. The third kappa shape index (κ3) is 1.77. The molecule has 5 rings (SSSR count). The number of fused-ring (bicyclic) bond motifs is 7. The van der Waals surface area contributed by atoms with E-state index in [1.54, 1.807) is 0 Å². The van der Waals surface area contributed by atoms with Crippen LogP contribution in [0.1, 0.15) is 35.5 Å². The molecule has 0 radical (unpaired) electrons. The van der Waals surface area contributed by atoms with Gasteiger partial charge in [0.05, 0.1) is 0 Å². The summed E-state index contributed by atoms with van der Waals surface area (Å²) in [6.45, 7) is 0. The third-order valence-corrected chi connectivity index (χ3v) is 5.77. The molecular weight excluding hydrogens is 408 g/mol. The number of aryl methyl sites for hydroxylation is 2. The molecule has 0 fully saturated rings. The van der Waals surface area contributed by atoms with Crippen LogP contribution in [0, 0.1) is 0 Å². The number of halogens is 2. The Hall–Kier alpha value is -1.26. The number of hydrogen-bond acceptors (Lipinski definition) is 2. The van der Waals surface area contributed by atoms with Gasteiger partial charge in [-0.3, -0.25) is 0 Å². The van der Waals surface area contributed by atoms with Gasteiger partial charge in [0.15, 0.2) is 0 Å². The van der Waals surface area contributed by atoms with Crippen LogP contribution in [0.3, 0.4) is 0 Å². The summed E-state index contributed by atoms with van der Waals surface area (Å²) in [6, 6.07) is 4.07. The molecule has 0 saturated carbocycles. The standard InChI is InChI=1S/C18H12Br2O2/c19-9-1-3-13-11(7-9)17-15(21-13)5-6-16-18(17)12-8-10(20)2-4-14(12)22-16/h5-8H,1-4H2. The minimum atomic E-state index is 0.947. The third-order valence-electron chi connectivity index (χ3n) is 4.52. The van der Waals surface area contributed by atoms with E-state index in [2.05, 4.69) is 44.0 Å². The van der Waals surface area contributed by atoms with E-state index < -0.39 is 0 Å². The van der Waals surface area contributed by atoms with Crippen LogP contribution >= 0.6 is 31.9 Å². The van der Waals surface area contributed by atoms with Gasteiger partial charge < -0.3 is 8.83 Å². The first-order valence-corrected chi connectivity index (χ1v) is 9.01. The van der Waals surface area contributed by atoms with E-state index >= 15 is 0 Å². The number of hydrogen-bond donors (Lipinski definition) is 0. The molecule has 4 heteroatoms. The molecule has 2 nitrogen and oxygen atoms in total. The van der Waals surface area contributed by atoms with Gasteiger partial charge in [0.2, 0.25) is 0 Å². The molecule has 0 amide bonds. The predicted molar refractivity (Wildman–Crippen MR) is 96.4 cm³/mol. The molecular formula is C18H12Br2O2. The Morgan fingerprint density at radius 1 is 0.682 bits per heavy atom. The van der Waals surface area contributed by atoms with Crippen molar-refractivity contribution in [3.63, 3.8) is 0 Å². The molecule has 0 atom stereocenters. The first kappa shape index (κ1) is 13.2. The lowest BCUT2D eigenvalue weighted by atomic mass is 9.96. The maximum atomic E-state index is 6.09. The van der Waals surface area contributed by atoms with E-state index in [0.717, 1.165) is 48.4 Å². The van der Waals surface area contributed by atoms with E-state index in [9.17, 15) is 0 Å². The van der Waals surface area contributed by atoms with Crippen LogP contribution in [0.4, 0.5) is 0 Å². The van der Waals surface area contributed by atoms with Crippen molar-refractivity contribution >= 4 is 66.0 Å². The number of benzene rings is 1. The molecule has 1 aromatic carbocycles. The fourth-order valence-electron chi connectivity index (χ4n) is 3.52. The van der Waals surface area contributed by atoms with E-state index in [1.807, 2.05) is 12.1 Å². The van der Waals surface area contributed by atoms with Gasteiger partial charge in [-0.15, -0.1) is 0 Å². The Kier molecular flexibility index (Phi) is 2.77. The highest BCUT2D eigenvalue weighted by molar-refractivity contribution is 9.12. The zero-order valence-corrected chi connectivity index (χ0v) is 14.9. The average Bonchev–Trinajstić information content (AvgIpc) is 3.04. The van der Waals surface area contributed by atoms with Crippen LogP contribution in [0.2, 0.25) is 0 Å². The van der Waals surface area contributed by atoms with Crippen LogP contribution in [0.5, 0.6) is 0 Å². The van der Waals surface area contributed by atoms with Crippen molar-refractivity contribution in [2.24, 2.45) is 0 Å². The van der Waals surface area contributed by atoms with Crippen molar-refractivity contribution in [3.8, 4) is 0 Å². The highest BCUT2D eigenvalue weighted by atomic mass is 79.9. The number of furan rings is 2. The van der Waals surface area contributed by atoms with Gasteiger partial charge in [0.1, 0.15) is 22.7 Å². The summed E-state index contributed by atoms with van der Waals surface area (Å²) in [5, 5.41) is 2.38. The Labute approximate surface area is 144 Å². The van der Waals surface area contributed by atoms with Crippen molar-refractivity contribution in [2.75, 3.05) is 0 Å². The summed E-state index contributed by atoms with van der Waals surface area (Å²) in [5.74, 6) is 2.17. The Bertz CT molecular complexity index is 920. The molecule has 2 aliphatic rings. The van der Waals surface area contributed by atoms with Crippen molar-refractivity contribution in [2.45, 2.75) is 25.7 Å². The Morgan fingerprint density at radius 2 is 1.14 bits per heavy atom. The van der Waals surface area contributed by atoms with E-state index in [-0.39, 0.29) is 0 Å². The minimum absolute atomic E-state index is 0.947. The molecule has 3 aromatic rings. The number of allylic oxidation sites excluding steroid dienone is 2. The fraction of sp³-hybridized carbons (Fsp3) is 0.222. The quantitative estimate of drug-likeness (QED) is 0.413. The maximum absolute atomic E-state index is 6.09. The second-order valence-electron chi connectivity index (χ2n) is 5.87. The maximum Gasteiger partial charge on any atom is 0.135 e. The molecule has 0 unspecified atom stereocenters. The van der Waals surface area contributed by atoms with Crippen LogP contribution < -0.4 is 0 Å². The lowest BCUT2D eigenvalue weighted by Crippen LogP contribution is -1.93. The monoisotopic (exact) mass is 418 g/mol. The van der Waals surface area contributed by atoms with Crippen molar-refractivity contribution in [3.05, 3.63) is 43.7 Å². The van der Waals surface area contributed by atoms with Gasteiger partial charge in [0.25, 0.3) is 0 Å². The molecule has 22 heavy (non-hydrogen) atoms. The van der Waals surface area contributed by atoms with Crippen LogP contribution in [0.25, 0.3) is 34.1 Å². The minimum Gasteiger partial charge on any atom is -0.460 e. The largest absolute Gasteiger partial charge is 0.460 e. The van der Waals surface area contributed by atoms with E-state index in [1.165, 1.54) is 30.9 Å². The highest BCUT2D eigenvalue weighted by Crippen LogP contribution is 2.43. The topological polar surface area (TPSA) is 26.3 Å². The molecule has 2 heterocycles. The molecule has 2 aromatic heterocycles. The molecule has 2 aliphatic carbocycles. The average molecular weight is 420 g/mol. The summed E-state index contributed by atoms with van der Waals surface area (Å²) in [6.07, 6.45) is 8.30. The smallest absolute Gasteiger partial charge is 0.135 e. The molecule has 0 aliphatic heterocycles. The van der Waals surface area contributed by atoms with Crippen LogP contribution in [-0.4, -0.2) is 0 Å². The molecule has 0 saturated heterocycles. The molecule has 0 N–H and O–H groups in total. The molecule has 0 bridgehead atoms. The van der Waals surface area contributed by atoms with E-state index in [0.29, 0.717) is 0 Å². The van der Waals surface area contributed by atoms with Gasteiger partial charge in [-0.2, -0.15) is 0 Å². The normalized spacial score (nSPS) is 17.4. The summed E-state index contributed by atoms with van der Waals surface area (Å²) < 4.78 is 14.7. The van der Waals surface area contributed by atoms with Crippen LogP contribution in [0.15, 0.2) is 29.9 Å². The molecule has 110 valence electrons.